The van der Waals surface area contributed by atoms with Gasteiger partial charge >= 0.3 is 0 Å². The number of hydrogen-bond acceptors (Lipinski definition) is 4. The number of nitrogens with two attached hydrogens (primary N) is 1. The van der Waals surface area contributed by atoms with E-state index in [2.05, 4.69) is 0 Å². The Kier molecular flexibility index (Phi) is 4.76. The highest BCUT2D eigenvalue weighted by molar-refractivity contribution is 7.88. The van der Waals surface area contributed by atoms with Crippen molar-refractivity contribution in [3.63, 3.8) is 0 Å². The van der Waals surface area contributed by atoms with Crippen LogP contribution in [0, 0.1) is 11.3 Å². The first-order chi connectivity index (χ1) is 9.56. The van der Waals surface area contributed by atoms with Crippen molar-refractivity contribution < 1.29 is 8.42 Å². The van der Waals surface area contributed by atoms with Crippen LogP contribution in [0.3, 0.4) is 0 Å². The molecule has 108 valence electrons. The lowest BCUT2D eigenvalue weighted by Crippen LogP contribution is -2.47. The van der Waals surface area contributed by atoms with Crippen molar-refractivity contribution >= 4 is 10.0 Å². The molecule has 0 unspecified atom stereocenters. The van der Waals surface area contributed by atoms with Crippen LogP contribution in [-0.4, -0.2) is 31.9 Å². The van der Waals surface area contributed by atoms with Gasteiger partial charge in [0, 0.05) is 19.1 Å². The predicted octanol–water partition coefficient (Wildman–Crippen LogP) is 1.20. The maximum absolute atomic E-state index is 12.5. The van der Waals surface area contributed by atoms with Gasteiger partial charge < -0.3 is 5.73 Å². The fraction of sp³-hybridized carbons (Fsp3) is 0.500. The molecule has 0 aromatic heterocycles. The van der Waals surface area contributed by atoms with Crippen molar-refractivity contribution in [2.24, 2.45) is 5.73 Å². The van der Waals surface area contributed by atoms with E-state index in [0.717, 1.165) is 19.3 Å². The third-order valence-electron chi connectivity index (χ3n) is 3.61. The average molecular weight is 293 g/mol. The molecule has 0 radical (unpaired) electrons. The van der Waals surface area contributed by atoms with Gasteiger partial charge in [-0.05, 0) is 30.5 Å². The maximum Gasteiger partial charge on any atom is 0.218 e. The molecule has 0 aliphatic carbocycles. The van der Waals surface area contributed by atoms with Gasteiger partial charge in [-0.1, -0.05) is 18.6 Å². The van der Waals surface area contributed by atoms with E-state index < -0.39 is 10.0 Å². The summed E-state index contributed by atoms with van der Waals surface area (Å²) in [5.74, 6) is -0.0704. The molecule has 0 bridgehead atoms. The maximum atomic E-state index is 12.5. The molecule has 20 heavy (non-hydrogen) atoms. The summed E-state index contributed by atoms with van der Waals surface area (Å²) < 4.78 is 26.6. The van der Waals surface area contributed by atoms with E-state index in [-0.39, 0.29) is 11.8 Å². The molecular formula is C14H19N3O2S. The van der Waals surface area contributed by atoms with Gasteiger partial charge in [0.15, 0.2) is 0 Å². The number of nitriles is 1. The average Bonchev–Trinajstić information content (AvgIpc) is 2.47. The van der Waals surface area contributed by atoms with E-state index >= 15 is 0 Å². The molecule has 1 heterocycles. The molecule has 1 aromatic rings. The number of rotatable bonds is 4. The number of nitrogens with zero attached hydrogens (tertiary/aromatic N) is 2. The van der Waals surface area contributed by atoms with Crippen LogP contribution in [0.2, 0.25) is 0 Å². The van der Waals surface area contributed by atoms with E-state index in [0.29, 0.717) is 24.2 Å². The molecule has 1 saturated heterocycles. The van der Waals surface area contributed by atoms with Gasteiger partial charge in [0.25, 0.3) is 0 Å². The van der Waals surface area contributed by atoms with E-state index in [4.69, 9.17) is 11.0 Å². The van der Waals surface area contributed by atoms with Gasteiger partial charge in [-0.2, -0.15) is 9.57 Å². The Morgan fingerprint density at radius 2 is 2.20 bits per heavy atom. The van der Waals surface area contributed by atoms with Gasteiger partial charge in [0.05, 0.1) is 17.4 Å². The first-order valence-corrected chi connectivity index (χ1v) is 8.36. The molecule has 1 aliphatic rings. The fourth-order valence-electron chi connectivity index (χ4n) is 2.60. The molecule has 1 aliphatic heterocycles. The van der Waals surface area contributed by atoms with Crippen molar-refractivity contribution in [2.45, 2.75) is 31.1 Å². The number of sulfonamides is 1. The van der Waals surface area contributed by atoms with Crippen molar-refractivity contribution in [3.8, 4) is 6.07 Å². The van der Waals surface area contributed by atoms with Crippen molar-refractivity contribution in [3.05, 3.63) is 35.4 Å². The van der Waals surface area contributed by atoms with Gasteiger partial charge in [-0.3, -0.25) is 0 Å². The van der Waals surface area contributed by atoms with Crippen molar-refractivity contribution in [2.75, 3.05) is 13.1 Å². The Labute approximate surface area is 120 Å². The smallest absolute Gasteiger partial charge is 0.218 e. The zero-order valence-electron chi connectivity index (χ0n) is 11.3. The number of piperidine rings is 1. The Bertz CT molecular complexity index is 607. The highest BCUT2D eigenvalue weighted by Gasteiger charge is 2.31. The van der Waals surface area contributed by atoms with Crippen LogP contribution >= 0.6 is 0 Å². The van der Waals surface area contributed by atoms with E-state index in [9.17, 15) is 8.42 Å². The molecule has 2 N–H and O–H groups in total. The summed E-state index contributed by atoms with van der Waals surface area (Å²) in [5, 5.41) is 8.86. The lowest BCUT2D eigenvalue weighted by molar-refractivity contribution is 0.257. The second kappa shape index (κ2) is 6.35. The number of benzene rings is 1. The first kappa shape index (κ1) is 15.0. The molecule has 1 fully saturated rings. The standard InChI is InChI=1S/C14H19N3O2S/c15-9-12-4-3-5-13(8-12)11-20(18,19)17-7-2-1-6-14(17)10-16/h3-5,8,14H,1-2,6-7,10-11,16H2/t14-/m0/s1. The van der Waals surface area contributed by atoms with Crippen molar-refractivity contribution in [1.29, 1.82) is 5.26 Å². The van der Waals surface area contributed by atoms with Gasteiger partial charge in [-0.25, -0.2) is 8.42 Å². The first-order valence-electron chi connectivity index (χ1n) is 6.75. The Morgan fingerprint density at radius 3 is 2.90 bits per heavy atom. The van der Waals surface area contributed by atoms with Gasteiger partial charge in [-0.15, -0.1) is 0 Å². The predicted molar refractivity (Wildman–Crippen MR) is 77.2 cm³/mol. The highest BCUT2D eigenvalue weighted by Crippen LogP contribution is 2.22. The van der Waals surface area contributed by atoms with Crippen LogP contribution in [-0.2, 0) is 15.8 Å². The summed E-state index contributed by atoms with van der Waals surface area (Å²) >= 11 is 0. The van der Waals surface area contributed by atoms with Crippen molar-refractivity contribution in [1.82, 2.24) is 4.31 Å². The summed E-state index contributed by atoms with van der Waals surface area (Å²) in [4.78, 5) is 0. The molecule has 1 atom stereocenters. The van der Waals surface area contributed by atoms with Crippen LogP contribution < -0.4 is 5.73 Å². The minimum Gasteiger partial charge on any atom is -0.329 e. The minimum absolute atomic E-state index is 0.0704. The second-order valence-corrected chi connectivity index (χ2v) is 6.99. The Balaban J connectivity index is 2.19. The quantitative estimate of drug-likeness (QED) is 0.903. The van der Waals surface area contributed by atoms with E-state index in [1.807, 2.05) is 6.07 Å². The third kappa shape index (κ3) is 3.37. The molecule has 2 rings (SSSR count). The van der Waals surface area contributed by atoms with Gasteiger partial charge in [0.2, 0.25) is 10.0 Å². The molecule has 5 nitrogen and oxygen atoms in total. The molecule has 0 amide bonds. The lowest BCUT2D eigenvalue weighted by atomic mass is 10.1. The fourth-order valence-corrected chi connectivity index (χ4v) is 4.42. The molecule has 0 spiro atoms. The van der Waals surface area contributed by atoms with E-state index in [1.165, 1.54) is 4.31 Å². The molecular weight excluding hydrogens is 274 g/mol. The largest absolute Gasteiger partial charge is 0.329 e. The summed E-state index contributed by atoms with van der Waals surface area (Å²) in [5.41, 5.74) is 6.80. The Hall–Kier alpha value is -1.42. The Morgan fingerprint density at radius 1 is 1.40 bits per heavy atom. The summed E-state index contributed by atoms with van der Waals surface area (Å²) in [6.45, 7) is 0.902. The summed E-state index contributed by atoms with van der Waals surface area (Å²) in [6.07, 6.45) is 2.74. The normalized spacial score (nSPS) is 20.5. The number of hydrogen-bond donors (Lipinski definition) is 1. The summed E-state index contributed by atoms with van der Waals surface area (Å²) in [7, 11) is -3.38. The lowest BCUT2D eigenvalue weighted by Gasteiger charge is -2.33. The molecule has 6 heteroatoms. The van der Waals surface area contributed by atoms with Gasteiger partial charge in [0.1, 0.15) is 0 Å². The molecule has 1 aromatic carbocycles. The van der Waals surface area contributed by atoms with Crippen LogP contribution in [0.15, 0.2) is 24.3 Å². The third-order valence-corrected chi connectivity index (χ3v) is 5.50. The second-order valence-electron chi connectivity index (χ2n) is 5.06. The minimum atomic E-state index is -3.38. The summed E-state index contributed by atoms with van der Waals surface area (Å²) in [6, 6.07) is 8.67. The van der Waals surface area contributed by atoms with E-state index in [1.54, 1.807) is 24.3 Å². The van der Waals surface area contributed by atoms with Crippen LogP contribution in [0.25, 0.3) is 0 Å². The monoisotopic (exact) mass is 293 g/mol. The highest BCUT2D eigenvalue weighted by atomic mass is 32.2. The topological polar surface area (TPSA) is 87.2 Å². The SMILES string of the molecule is N#Cc1cccc(CS(=O)(=O)N2CCCC[C@H]2CN)c1. The molecule has 0 saturated carbocycles. The van der Waals surface area contributed by atoms with Crippen LogP contribution in [0.5, 0.6) is 0 Å². The van der Waals surface area contributed by atoms with Crippen LogP contribution in [0.1, 0.15) is 30.4 Å². The zero-order valence-corrected chi connectivity index (χ0v) is 12.1. The zero-order chi connectivity index (χ0) is 14.6. The van der Waals surface area contributed by atoms with Crippen LogP contribution in [0.4, 0.5) is 0 Å².